The zero-order valence-electron chi connectivity index (χ0n) is 15.0. The summed E-state index contributed by atoms with van der Waals surface area (Å²) in [6, 6.07) is 11.8. The topological polar surface area (TPSA) is 80.3 Å². The maximum atomic E-state index is 12.1. The Hall–Kier alpha value is -1.86. The Morgan fingerprint density at radius 3 is 1.80 bits per heavy atom. The first-order chi connectivity index (χ1) is 11.3. The highest BCUT2D eigenvalue weighted by Gasteiger charge is 2.18. The second-order valence-electron chi connectivity index (χ2n) is 7.15. The van der Waals surface area contributed by atoms with Gasteiger partial charge in [-0.3, -0.25) is 0 Å². The van der Waals surface area contributed by atoms with E-state index in [-0.39, 0.29) is 15.2 Å². The van der Waals surface area contributed by atoms with Crippen molar-refractivity contribution in [3.05, 3.63) is 48.0 Å². The largest absolute Gasteiger partial charge is 0.354 e. The molecular formula is C18H23NO4S2. The molecule has 2 aromatic rings. The lowest BCUT2D eigenvalue weighted by molar-refractivity contribution is 0.590. The van der Waals surface area contributed by atoms with E-state index in [1.807, 2.05) is 24.3 Å². The van der Waals surface area contributed by atoms with Gasteiger partial charge >= 0.3 is 0 Å². The minimum atomic E-state index is -3.59. The summed E-state index contributed by atoms with van der Waals surface area (Å²) in [5, 5.41) is 3.06. The van der Waals surface area contributed by atoms with Crippen LogP contribution in [0.4, 0.5) is 11.4 Å². The Labute approximate surface area is 149 Å². The first kappa shape index (κ1) is 19.5. The number of nitrogens with one attached hydrogen (secondary N) is 1. The molecule has 7 heteroatoms. The molecule has 0 aliphatic heterocycles. The summed E-state index contributed by atoms with van der Waals surface area (Å²) in [4.78, 5) is -0.0723. The van der Waals surface area contributed by atoms with E-state index in [4.69, 9.17) is 0 Å². The number of rotatable bonds is 4. The molecule has 2 aromatic carbocycles. The van der Waals surface area contributed by atoms with Gasteiger partial charge in [-0.15, -0.1) is 0 Å². The molecule has 0 saturated heterocycles. The quantitative estimate of drug-likeness (QED) is 0.876. The molecule has 0 aliphatic rings. The molecule has 0 spiro atoms. The van der Waals surface area contributed by atoms with Gasteiger partial charge in [0, 0.05) is 18.2 Å². The molecule has 5 nitrogen and oxygen atoms in total. The molecule has 1 N–H and O–H groups in total. The van der Waals surface area contributed by atoms with Crippen LogP contribution in [0.15, 0.2) is 52.3 Å². The van der Waals surface area contributed by atoms with Crippen molar-refractivity contribution < 1.29 is 16.8 Å². The Kier molecular flexibility index (Phi) is 5.03. The molecule has 0 amide bonds. The van der Waals surface area contributed by atoms with Crippen molar-refractivity contribution in [1.29, 1.82) is 0 Å². The van der Waals surface area contributed by atoms with Gasteiger partial charge < -0.3 is 5.32 Å². The van der Waals surface area contributed by atoms with E-state index in [2.05, 4.69) is 26.1 Å². The van der Waals surface area contributed by atoms with Crippen LogP contribution in [-0.4, -0.2) is 29.3 Å². The fourth-order valence-corrected chi connectivity index (χ4v) is 3.93. The van der Waals surface area contributed by atoms with Crippen molar-refractivity contribution in [3.8, 4) is 0 Å². The Morgan fingerprint density at radius 2 is 1.36 bits per heavy atom. The zero-order chi connectivity index (χ0) is 19.0. The van der Waals surface area contributed by atoms with Gasteiger partial charge in [-0.1, -0.05) is 32.9 Å². The predicted molar refractivity (Wildman–Crippen MR) is 101 cm³/mol. The highest BCUT2D eigenvalue weighted by atomic mass is 32.2. The molecule has 2 rings (SSSR count). The zero-order valence-corrected chi connectivity index (χ0v) is 16.6. The van der Waals surface area contributed by atoms with Crippen LogP contribution in [-0.2, 0) is 25.1 Å². The van der Waals surface area contributed by atoms with Crippen LogP contribution in [0.25, 0.3) is 0 Å². The summed E-state index contributed by atoms with van der Waals surface area (Å²) in [6.07, 6.45) is 2.11. The average molecular weight is 382 g/mol. The Bertz CT molecular complexity index is 984. The van der Waals surface area contributed by atoms with Crippen molar-refractivity contribution >= 4 is 31.0 Å². The summed E-state index contributed by atoms with van der Waals surface area (Å²) in [5.41, 5.74) is 2.25. The van der Waals surface area contributed by atoms with Gasteiger partial charge in [-0.25, -0.2) is 16.8 Å². The number of hydrogen-bond donors (Lipinski definition) is 1. The fraction of sp³-hybridized carbons (Fsp3) is 0.333. The molecule has 0 saturated carbocycles. The third kappa shape index (κ3) is 4.83. The Balaban J connectivity index is 2.46. The number of anilines is 2. The summed E-state index contributed by atoms with van der Waals surface area (Å²) < 4.78 is 47.5. The molecule has 0 bridgehead atoms. The van der Waals surface area contributed by atoms with Crippen LogP contribution in [0.2, 0.25) is 0 Å². The van der Waals surface area contributed by atoms with Crippen LogP contribution in [0.5, 0.6) is 0 Å². The third-order valence-corrected chi connectivity index (χ3v) is 6.06. The molecular weight excluding hydrogens is 358 g/mol. The summed E-state index contributed by atoms with van der Waals surface area (Å²) in [5.74, 6) is 0. The maximum Gasteiger partial charge on any atom is 0.177 e. The minimum Gasteiger partial charge on any atom is -0.354 e. The minimum absolute atomic E-state index is 0.0214. The molecule has 136 valence electrons. The van der Waals surface area contributed by atoms with Crippen molar-refractivity contribution in [2.75, 3.05) is 17.8 Å². The average Bonchev–Trinajstić information content (AvgIpc) is 2.45. The maximum absolute atomic E-state index is 12.1. The van der Waals surface area contributed by atoms with E-state index >= 15 is 0 Å². The van der Waals surface area contributed by atoms with E-state index in [9.17, 15) is 16.8 Å². The monoisotopic (exact) mass is 381 g/mol. The van der Waals surface area contributed by atoms with Crippen LogP contribution in [0.1, 0.15) is 26.3 Å². The number of sulfone groups is 2. The van der Waals surface area contributed by atoms with E-state index in [1.54, 1.807) is 0 Å². The van der Waals surface area contributed by atoms with Crippen molar-refractivity contribution in [1.82, 2.24) is 0 Å². The standard InChI is InChI=1S/C18H23NO4S2/c1-18(2,3)13-6-8-14(9-7-13)19-16-11-10-15(24(4,20)21)12-17(16)25(5,22)23/h6-12,19H,1-5H3. The second-order valence-corrected chi connectivity index (χ2v) is 11.2. The smallest absolute Gasteiger partial charge is 0.177 e. The highest BCUT2D eigenvalue weighted by Crippen LogP contribution is 2.29. The summed E-state index contributed by atoms with van der Waals surface area (Å²) >= 11 is 0. The van der Waals surface area contributed by atoms with Gasteiger partial charge in [-0.05, 0) is 41.3 Å². The lowest BCUT2D eigenvalue weighted by atomic mass is 9.87. The fourth-order valence-electron chi connectivity index (χ4n) is 2.35. The molecule has 0 fully saturated rings. The Morgan fingerprint density at radius 1 is 0.800 bits per heavy atom. The molecule has 25 heavy (non-hydrogen) atoms. The van der Waals surface area contributed by atoms with E-state index in [1.165, 1.54) is 18.2 Å². The van der Waals surface area contributed by atoms with Crippen molar-refractivity contribution in [2.45, 2.75) is 36.0 Å². The second kappa shape index (κ2) is 6.46. The highest BCUT2D eigenvalue weighted by molar-refractivity contribution is 7.91. The lowest BCUT2D eigenvalue weighted by Gasteiger charge is -2.19. The SMILES string of the molecule is CC(C)(C)c1ccc(Nc2ccc(S(C)(=O)=O)cc2S(C)(=O)=O)cc1. The van der Waals surface area contributed by atoms with Gasteiger partial charge in [0.25, 0.3) is 0 Å². The van der Waals surface area contributed by atoms with Gasteiger partial charge in [-0.2, -0.15) is 0 Å². The molecule has 0 heterocycles. The third-order valence-electron chi connectivity index (χ3n) is 3.81. The number of benzene rings is 2. The lowest BCUT2D eigenvalue weighted by Crippen LogP contribution is -2.10. The van der Waals surface area contributed by atoms with Gasteiger partial charge in [0.2, 0.25) is 0 Å². The first-order valence-corrected chi connectivity index (χ1v) is 11.5. The molecule has 0 unspecified atom stereocenters. The van der Waals surface area contributed by atoms with Gasteiger partial charge in [0.15, 0.2) is 19.7 Å². The normalized spacial score (nSPS) is 12.8. The van der Waals surface area contributed by atoms with Crippen LogP contribution in [0.3, 0.4) is 0 Å². The van der Waals surface area contributed by atoms with Crippen molar-refractivity contribution in [2.24, 2.45) is 0 Å². The first-order valence-electron chi connectivity index (χ1n) is 7.70. The van der Waals surface area contributed by atoms with Gasteiger partial charge in [0.05, 0.1) is 15.5 Å². The van der Waals surface area contributed by atoms with E-state index in [0.717, 1.165) is 23.8 Å². The summed E-state index contributed by atoms with van der Waals surface area (Å²) in [6.45, 7) is 6.34. The van der Waals surface area contributed by atoms with Gasteiger partial charge in [0.1, 0.15) is 0 Å². The van der Waals surface area contributed by atoms with E-state index in [0.29, 0.717) is 5.69 Å². The predicted octanol–water partition coefficient (Wildman–Crippen LogP) is 3.53. The van der Waals surface area contributed by atoms with Crippen LogP contribution < -0.4 is 5.32 Å². The molecule has 0 atom stereocenters. The molecule has 0 aromatic heterocycles. The van der Waals surface area contributed by atoms with E-state index < -0.39 is 19.7 Å². The molecule has 0 aliphatic carbocycles. The van der Waals surface area contributed by atoms with Crippen LogP contribution >= 0.6 is 0 Å². The van der Waals surface area contributed by atoms with Crippen molar-refractivity contribution in [3.63, 3.8) is 0 Å². The number of hydrogen-bond acceptors (Lipinski definition) is 5. The summed E-state index contributed by atoms with van der Waals surface area (Å²) in [7, 11) is -7.08. The molecule has 0 radical (unpaired) electrons. The van der Waals surface area contributed by atoms with Crippen LogP contribution in [0, 0.1) is 0 Å².